The van der Waals surface area contributed by atoms with Gasteiger partial charge in [-0.05, 0) is 0 Å². The molecule has 1 aliphatic rings. The second-order valence-electron chi connectivity index (χ2n) is 2.02. The van der Waals surface area contributed by atoms with E-state index in [9.17, 15) is 18.0 Å². The molecule has 3 nitrogen and oxygen atoms in total. The molecule has 0 spiro atoms. The molecule has 0 fully saturated rings. The predicted octanol–water partition coefficient (Wildman–Crippen LogP) is 0.892. The van der Waals surface area contributed by atoms with E-state index in [1.165, 1.54) is 0 Å². The fourth-order valence-electron chi connectivity index (χ4n) is 0.637. The van der Waals surface area contributed by atoms with Crippen molar-refractivity contribution in [1.82, 2.24) is 0 Å². The van der Waals surface area contributed by atoms with Gasteiger partial charge in [0.05, 0.1) is 0 Å². The van der Waals surface area contributed by atoms with E-state index < -0.39 is 24.4 Å². The third kappa shape index (κ3) is 1.69. The Balaban J connectivity index is 2.59. The van der Waals surface area contributed by atoms with Crippen LogP contribution >= 0.6 is 0 Å². The summed E-state index contributed by atoms with van der Waals surface area (Å²) in [6, 6.07) is 0. The van der Waals surface area contributed by atoms with E-state index in [4.69, 9.17) is 0 Å². The Labute approximate surface area is 59.8 Å². The van der Waals surface area contributed by atoms with Crippen LogP contribution in [0.4, 0.5) is 13.2 Å². The fourth-order valence-corrected chi connectivity index (χ4v) is 0.637. The molecule has 0 bridgehead atoms. The lowest BCUT2D eigenvalue weighted by Crippen LogP contribution is -2.23. The molecule has 1 unspecified atom stereocenters. The minimum Gasteiger partial charge on any atom is -0.384 e. The average Bonchev–Trinajstić information content (AvgIpc) is 2.32. The van der Waals surface area contributed by atoms with Crippen LogP contribution in [0.1, 0.15) is 6.42 Å². The van der Waals surface area contributed by atoms with Crippen LogP contribution in [-0.4, -0.2) is 24.3 Å². The molecule has 1 aliphatic heterocycles. The highest BCUT2D eigenvalue weighted by Crippen LogP contribution is 2.24. The number of carbonyl (C=O) groups is 1. The van der Waals surface area contributed by atoms with Crippen molar-refractivity contribution in [3.8, 4) is 0 Å². The van der Waals surface area contributed by atoms with E-state index in [2.05, 4.69) is 9.99 Å². The first kappa shape index (κ1) is 8.03. The summed E-state index contributed by atoms with van der Waals surface area (Å²) in [6.45, 7) is 0. The van der Waals surface area contributed by atoms with Crippen molar-refractivity contribution in [3.63, 3.8) is 0 Å². The molecule has 0 aromatic carbocycles. The largest absolute Gasteiger partial charge is 0.432 e. The highest BCUT2D eigenvalue weighted by molar-refractivity contribution is 5.92. The molecule has 0 saturated heterocycles. The Bertz CT molecular complexity index is 198. The molecule has 0 amide bonds. The predicted molar refractivity (Wildman–Crippen MR) is 29.0 cm³/mol. The molecule has 11 heavy (non-hydrogen) atoms. The van der Waals surface area contributed by atoms with Crippen molar-refractivity contribution < 1.29 is 22.8 Å². The van der Waals surface area contributed by atoms with Crippen molar-refractivity contribution in [2.24, 2.45) is 5.16 Å². The Hall–Kier alpha value is -1.07. The Morgan fingerprint density at radius 2 is 2.27 bits per heavy atom. The van der Waals surface area contributed by atoms with Gasteiger partial charge in [-0.3, -0.25) is 4.79 Å². The van der Waals surface area contributed by atoms with Gasteiger partial charge in [0.25, 0.3) is 0 Å². The second-order valence-corrected chi connectivity index (χ2v) is 2.02. The number of carbonyl (C=O) groups excluding carboxylic acids is 1. The topological polar surface area (TPSA) is 38.7 Å². The zero-order valence-electron chi connectivity index (χ0n) is 5.26. The number of rotatable bonds is 1. The number of aldehydes is 1. The van der Waals surface area contributed by atoms with Gasteiger partial charge in [0.1, 0.15) is 0 Å². The Morgan fingerprint density at radius 1 is 1.64 bits per heavy atom. The molecule has 1 heterocycles. The number of nitrogens with zero attached hydrogens (tertiary/aromatic N) is 1. The van der Waals surface area contributed by atoms with Crippen LogP contribution in [-0.2, 0) is 9.63 Å². The van der Waals surface area contributed by atoms with E-state index >= 15 is 0 Å². The molecule has 6 heteroatoms. The molecule has 0 radical (unpaired) electrons. The number of hydrogen-bond donors (Lipinski definition) is 0. The van der Waals surface area contributed by atoms with Gasteiger partial charge >= 0.3 is 6.18 Å². The van der Waals surface area contributed by atoms with Crippen LogP contribution in [0.15, 0.2) is 5.16 Å². The van der Waals surface area contributed by atoms with Crippen molar-refractivity contribution in [2.75, 3.05) is 0 Å². The molecule has 1 rings (SSSR count). The van der Waals surface area contributed by atoms with Crippen LogP contribution < -0.4 is 0 Å². The molecule has 1 atom stereocenters. The lowest BCUT2D eigenvalue weighted by molar-refractivity contribution is -0.116. The van der Waals surface area contributed by atoms with Crippen molar-refractivity contribution in [2.45, 2.75) is 18.7 Å². The smallest absolute Gasteiger partial charge is 0.384 e. The zero-order valence-corrected chi connectivity index (χ0v) is 5.26. The van der Waals surface area contributed by atoms with Crippen LogP contribution in [0.5, 0.6) is 0 Å². The lowest BCUT2D eigenvalue weighted by atomic mass is 10.2. The third-order valence-electron chi connectivity index (χ3n) is 1.17. The van der Waals surface area contributed by atoms with E-state index in [0.29, 0.717) is 6.29 Å². The Kier molecular flexibility index (Phi) is 1.84. The van der Waals surface area contributed by atoms with Gasteiger partial charge in [0.15, 0.2) is 18.1 Å². The second kappa shape index (κ2) is 2.52. The Morgan fingerprint density at radius 3 is 2.55 bits per heavy atom. The summed E-state index contributed by atoms with van der Waals surface area (Å²) in [6.07, 6.45) is -5.72. The molecule has 62 valence electrons. The minimum atomic E-state index is -4.47. The monoisotopic (exact) mass is 167 g/mol. The van der Waals surface area contributed by atoms with Gasteiger partial charge in [-0.25, -0.2) is 0 Å². The summed E-state index contributed by atoms with van der Waals surface area (Å²) in [5.41, 5.74) is -1.03. The summed E-state index contributed by atoms with van der Waals surface area (Å²) >= 11 is 0. The van der Waals surface area contributed by atoms with E-state index in [1.54, 1.807) is 0 Å². The van der Waals surface area contributed by atoms with E-state index in [0.717, 1.165) is 0 Å². The van der Waals surface area contributed by atoms with Gasteiger partial charge < -0.3 is 4.84 Å². The normalized spacial score (nSPS) is 24.3. The lowest BCUT2D eigenvalue weighted by Gasteiger charge is -2.01. The molecule has 0 aromatic heterocycles. The molecule has 0 aromatic rings. The standard InChI is InChI=1S/C5H4F3NO2/c6-5(7,8)4-1-3(2-10)11-9-4/h2-3H,1H2. The molecular formula is C5H4F3NO2. The third-order valence-corrected chi connectivity index (χ3v) is 1.17. The summed E-state index contributed by atoms with van der Waals surface area (Å²) in [7, 11) is 0. The molecular weight excluding hydrogens is 163 g/mol. The van der Waals surface area contributed by atoms with Crippen LogP contribution in [0.3, 0.4) is 0 Å². The SMILES string of the molecule is O=CC1CC(C(F)(F)F)=NO1. The molecule has 0 N–H and O–H groups in total. The summed E-state index contributed by atoms with van der Waals surface area (Å²) in [5.74, 6) is 0. The van der Waals surface area contributed by atoms with Gasteiger partial charge in [-0.1, -0.05) is 5.16 Å². The summed E-state index contributed by atoms with van der Waals surface area (Å²) in [5, 5.41) is 2.72. The zero-order chi connectivity index (χ0) is 8.48. The van der Waals surface area contributed by atoms with Crippen LogP contribution in [0, 0.1) is 0 Å². The number of halogens is 3. The maximum absolute atomic E-state index is 11.7. The minimum absolute atomic E-state index is 0.294. The first-order valence-electron chi connectivity index (χ1n) is 2.79. The van der Waals surface area contributed by atoms with Gasteiger partial charge in [-0.15, -0.1) is 0 Å². The van der Waals surface area contributed by atoms with E-state index in [1.807, 2.05) is 0 Å². The summed E-state index contributed by atoms with van der Waals surface area (Å²) < 4.78 is 35.2. The van der Waals surface area contributed by atoms with Gasteiger partial charge in [-0.2, -0.15) is 13.2 Å². The first-order chi connectivity index (χ1) is 5.04. The highest BCUT2D eigenvalue weighted by Gasteiger charge is 2.41. The number of alkyl halides is 3. The first-order valence-corrected chi connectivity index (χ1v) is 2.79. The molecule has 0 aliphatic carbocycles. The van der Waals surface area contributed by atoms with Crippen molar-refractivity contribution >= 4 is 12.0 Å². The maximum Gasteiger partial charge on any atom is 0.432 e. The highest BCUT2D eigenvalue weighted by atomic mass is 19.4. The van der Waals surface area contributed by atoms with Crippen LogP contribution in [0.25, 0.3) is 0 Å². The maximum atomic E-state index is 11.7. The van der Waals surface area contributed by atoms with Crippen LogP contribution in [0.2, 0.25) is 0 Å². The van der Waals surface area contributed by atoms with Crippen molar-refractivity contribution in [3.05, 3.63) is 0 Å². The van der Waals surface area contributed by atoms with Crippen molar-refractivity contribution in [1.29, 1.82) is 0 Å². The fraction of sp³-hybridized carbons (Fsp3) is 0.600. The number of oxime groups is 1. The quantitative estimate of drug-likeness (QED) is 0.544. The van der Waals surface area contributed by atoms with E-state index in [-0.39, 0.29) is 0 Å². The number of hydrogen-bond acceptors (Lipinski definition) is 3. The molecule has 0 saturated carbocycles. The average molecular weight is 167 g/mol. The van der Waals surface area contributed by atoms with Gasteiger partial charge in [0, 0.05) is 6.42 Å². The summed E-state index contributed by atoms with van der Waals surface area (Å²) in [4.78, 5) is 14.1. The van der Waals surface area contributed by atoms with Gasteiger partial charge in [0.2, 0.25) is 0 Å².